The molecule has 2 N–H and O–H groups in total. The molecule has 0 amide bonds. The average Bonchev–Trinajstić information content (AvgIpc) is 2.35. The lowest BCUT2D eigenvalue weighted by molar-refractivity contribution is 0.682. The van der Waals surface area contributed by atoms with E-state index in [0.717, 1.165) is 21.6 Å². The molecule has 94 valence electrons. The first kappa shape index (κ1) is 12.8. The van der Waals surface area contributed by atoms with Gasteiger partial charge in [0.25, 0.3) is 0 Å². The van der Waals surface area contributed by atoms with Gasteiger partial charge in [0, 0.05) is 10.6 Å². The second-order valence-corrected chi connectivity index (χ2v) is 5.88. The number of benzene rings is 2. The molecule has 0 aliphatic heterocycles. The zero-order chi connectivity index (χ0) is 13.1. The molecule has 2 aromatic carbocycles. The van der Waals surface area contributed by atoms with E-state index in [1.807, 2.05) is 56.3 Å². The fraction of sp³-hybridized carbons (Fsp3) is 0.200. The van der Waals surface area contributed by atoms with Crippen LogP contribution in [-0.2, 0) is 16.6 Å². The minimum atomic E-state index is -1.05. The Labute approximate surface area is 110 Å². The van der Waals surface area contributed by atoms with Crippen LogP contribution < -0.4 is 5.73 Å². The number of nitrogens with two attached hydrogens (primary N) is 1. The molecule has 0 bridgehead atoms. The lowest BCUT2D eigenvalue weighted by Gasteiger charge is -2.08. The van der Waals surface area contributed by atoms with Gasteiger partial charge in [-0.2, -0.15) is 0 Å². The highest BCUT2D eigenvalue weighted by molar-refractivity contribution is 7.84. The molecule has 3 heteroatoms. The minimum Gasteiger partial charge on any atom is -0.398 e. The lowest BCUT2D eigenvalue weighted by Crippen LogP contribution is -2.02. The molecule has 0 radical (unpaired) electrons. The van der Waals surface area contributed by atoms with E-state index in [4.69, 9.17) is 5.73 Å². The summed E-state index contributed by atoms with van der Waals surface area (Å²) >= 11 is 0. The number of hydrogen-bond donors (Lipinski definition) is 1. The molecule has 2 rings (SSSR count). The third kappa shape index (κ3) is 2.79. The predicted octanol–water partition coefficient (Wildman–Crippen LogP) is 3.19. The van der Waals surface area contributed by atoms with E-state index in [9.17, 15) is 4.21 Å². The van der Waals surface area contributed by atoms with Crippen molar-refractivity contribution in [2.45, 2.75) is 24.5 Å². The van der Waals surface area contributed by atoms with Gasteiger partial charge in [0.2, 0.25) is 0 Å². The van der Waals surface area contributed by atoms with Crippen molar-refractivity contribution in [1.82, 2.24) is 0 Å². The van der Waals surface area contributed by atoms with Crippen LogP contribution in [0.25, 0.3) is 0 Å². The van der Waals surface area contributed by atoms with Gasteiger partial charge in [-0.15, -0.1) is 0 Å². The summed E-state index contributed by atoms with van der Waals surface area (Å²) in [5.41, 5.74) is 9.72. The summed E-state index contributed by atoms with van der Waals surface area (Å²) in [6, 6.07) is 13.6. The number of anilines is 1. The van der Waals surface area contributed by atoms with Gasteiger partial charge in [-0.3, -0.25) is 4.21 Å². The zero-order valence-corrected chi connectivity index (χ0v) is 11.5. The van der Waals surface area contributed by atoms with Crippen LogP contribution in [0.2, 0.25) is 0 Å². The molecule has 0 aliphatic carbocycles. The Hall–Kier alpha value is -1.61. The van der Waals surface area contributed by atoms with E-state index < -0.39 is 10.8 Å². The molecule has 1 atom stereocenters. The number of aryl methyl sites for hydroxylation is 2. The summed E-state index contributed by atoms with van der Waals surface area (Å²) in [5.74, 6) is 0.469. The monoisotopic (exact) mass is 259 g/mol. The summed E-state index contributed by atoms with van der Waals surface area (Å²) in [7, 11) is -1.05. The van der Waals surface area contributed by atoms with E-state index >= 15 is 0 Å². The van der Waals surface area contributed by atoms with Gasteiger partial charge in [0.05, 0.1) is 16.6 Å². The summed E-state index contributed by atoms with van der Waals surface area (Å²) in [6.45, 7) is 4.00. The van der Waals surface area contributed by atoms with Crippen molar-refractivity contribution in [2.75, 3.05) is 5.73 Å². The van der Waals surface area contributed by atoms with E-state index in [2.05, 4.69) is 0 Å². The Morgan fingerprint density at radius 2 is 1.83 bits per heavy atom. The molecular formula is C15H17NOS. The van der Waals surface area contributed by atoms with E-state index in [1.54, 1.807) is 0 Å². The fourth-order valence-corrected chi connectivity index (χ4v) is 3.28. The Kier molecular flexibility index (Phi) is 3.82. The molecule has 1 unspecified atom stereocenters. The van der Waals surface area contributed by atoms with Gasteiger partial charge in [-0.1, -0.05) is 30.3 Å². The third-order valence-electron chi connectivity index (χ3n) is 2.93. The van der Waals surface area contributed by atoms with Gasteiger partial charge < -0.3 is 5.73 Å². The third-order valence-corrected chi connectivity index (χ3v) is 4.43. The second-order valence-electron chi connectivity index (χ2n) is 4.46. The molecule has 0 saturated carbocycles. The van der Waals surface area contributed by atoms with Crippen molar-refractivity contribution >= 4 is 16.5 Å². The molecule has 18 heavy (non-hydrogen) atoms. The van der Waals surface area contributed by atoms with Crippen LogP contribution in [-0.4, -0.2) is 4.21 Å². The normalized spacial score (nSPS) is 12.3. The van der Waals surface area contributed by atoms with E-state index in [-0.39, 0.29) is 0 Å². The molecule has 0 saturated heterocycles. The second kappa shape index (κ2) is 5.36. The Morgan fingerprint density at radius 1 is 1.11 bits per heavy atom. The molecule has 0 aliphatic rings. The standard InChI is InChI=1S/C15H17NOS/c1-11-7-8-12(2)15(9-11)18(17)10-13-5-3-4-6-14(13)16/h3-9H,10,16H2,1-2H3. The molecule has 2 aromatic rings. The first-order chi connectivity index (χ1) is 8.58. The van der Waals surface area contributed by atoms with Crippen LogP contribution >= 0.6 is 0 Å². The van der Waals surface area contributed by atoms with E-state index in [1.165, 1.54) is 0 Å². The van der Waals surface area contributed by atoms with Crippen LogP contribution in [0.15, 0.2) is 47.4 Å². The quantitative estimate of drug-likeness (QED) is 0.860. The minimum absolute atomic E-state index is 0.469. The maximum Gasteiger partial charge on any atom is 0.0577 e. The lowest BCUT2D eigenvalue weighted by atomic mass is 10.2. The Balaban J connectivity index is 2.28. The number of nitrogen functional groups attached to an aromatic ring is 1. The maximum absolute atomic E-state index is 12.4. The van der Waals surface area contributed by atoms with Crippen molar-refractivity contribution < 1.29 is 4.21 Å². The van der Waals surface area contributed by atoms with Crippen molar-refractivity contribution in [2.24, 2.45) is 0 Å². The van der Waals surface area contributed by atoms with Gasteiger partial charge in [0.1, 0.15) is 0 Å². The predicted molar refractivity (Wildman–Crippen MR) is 76.9 cm³/mol. The Bertz CT molecular complexity index is 593. The number of rotatable bonds is 3. The average molecular weight is 259 g/mol. The highest BCUT2D eigenvalue weighted by atomic mass is 32.2. The highest BCUT2D eigenvalue weighted by Gasteiger charge is 2.10. The van der Waals surface area contributed by atoms with Crippen LogP contribution in [0.5, 0.6) is 0 Å². The number of hydrogen-bond acceptors (Lipinski definition) is 2. The summed E-state index contributed by atoms with van der Waals surface area (Å²) < 4.78 is 12.4. The van der Waals surface area contributed by atoms with Crippen LogP contribution in [0, 0.1) is 13.8 Å². The Morgan fingerprint density at radius 3 is 2.56 bits per heavy atom. The van der Waals surface area contributed by atoms with Gasteiger partial charge in [-0.05, 0) is 42.7 Å². The highest BCUT2D eigenvalue weighted by Crippen LogP contribution is 2.20. The van der Waals surface area contributed by atoms with Crippen LogP contribution in [0.1, 0.15) is 16.7 Å². The number of para-hydroxylation sites is 1. The van der Waals surface area contributed by atoms with Crippen molar-refractivity contribution in [1.29, 1.82) is 0 Å². The van der Waals surface area contributed by atoms with Crippen LogP contribution in [0.3, 0.4) is 0 Å². The summed E-state index contributed by atoms with van der Waals surface area (Å²) in [5, 5.41) is 0. The molecule has 0 heterocycles. The first-order valence-corrected chi connectivity index (χ1v) is 7.19. The fourth-order valence-electron chi connectivity index (χ4n) is 1.84. The van der Waals surface area contributed by atoms with E-state index in [0.29, 0.717) is 11.4 Å². The SMILES string of the molecule is Cc1ccc(C)c(S(=O)Cc2ccccc2N)c1. The maximum atomic E-state index is 12.4. The van der Waals surface area contributed by atoms with Crippen molar-refractivity contribution in [3.8, 4) is 0 Å². The summed E-state index contributed by atoms with van der Waals surface area (Å²) in [6.07, 6.45) is 0. The first-order valence-electron chi connectivity index (χ1n) is 5.87. The molecule has 2 nitrogen and oxygen atoms in total. The molecular weight excluding hydrogens is 242 g/mol. The topological polar surface area (TPSA) is 43.1 Å². The molecule has 0 fully saturated rings. The van der Waals surface area contributed by atoms with Crippen molar-refractivity contribution in [3.05, 3.63) is 59.2 Å². The van der Waals surface area contributed by atoms with Crippen LogP contribution in [0.4, 0.5) is 5.69 Å². The van der Waals surface area contributed by atoms with Gasteiger partial charge >= 0.3 is 0 Å². The smallest absolute Gasteiger partial charge is 0.0577 e. The molecule has 0 aromatic heterocycles. The van der Waals surface area contributed by atoms with Gasteiger partial charge in [-0.25, -0.2) is 0 Å². The van der Waals surface area contributed by atoms with Crippen molar-refractivity contribution in [3.63, 3.8) is 0 Å². The summed E-state index contributed by atoms with van der Waals surface area (Å²) in [4.78, 5) is 0.901. The van der Waals surface area contributed by atoms with Gasteiger partial charge in [0.15, 0.2) is 0 Å². The molecule has 0 spiro atoms. The zero-order valence-electron chi connectivity index (χ0n) is 10.6. The largest absolute Gasteiger partial charge is 0.398 e.